The van der Waals surface area contributed by atoms with Crippen molar-refractivity contribution in [2.45, 2.75) is 12.5 Å². The Morgan fingerprint density at radius 3 is 2.11 bits per heavy atom. The summed E-state index contributed by atoms with van der Waals surface area (Å²) in [6.07, 6.45) is 0. The number of hydroxylamine groups is 1. The first-order valence-corrected chi connectivity index (χ1v) is 5.49. The quantitative estimate of drug-likeness (QED) is 0.367. The summed E-state index contributed by atoms with van der Waals surface area (Å²) in [5.74, 6) is -1.13. The number of carbonyl (C=O) groups is 2. The van der Waals surface area contributed by atoms with Crippen molar-refractivity contribution in [1.82, 2.24) is 10.8 Å². The fourth-order valence-corrected chi connectivity index (χ4v) is 1.56. The average Bonchev–Trinajstić information content (AvgIpc) is 2.44. The van der Waals surface area contributed by atoms with Crippen molar-refractivity contribution in [2.24, 2.45) is 5.73 Å². The molecule has 0 saturated heterocycles. The summed E-state index contributed by atoms with van der Waals surface area (Å²) in [5, 5.41) is 19.5. The van der Waals surface area contributed by atoms with Gasteiger partial charge in [0.15, 0.2) is 5.54 Å². The summed E-state index contributed by atoms with van der Waals surface area (Å²) in [6, 6.07) is 5.88. The van der Waals surface area contributed by atoms with Gasteiger partial charge < -0.3 is 21.7 Å². The van der Waals surface area contributed by atoms with Crippen LogP contribution in [0, 0.1) is 5.41 Å². The molecule has 0 aromatic heterocycles. The van der Waals surface area contributed by atoms with E-state index < -0.39 is 17.4 Å². The molecule has 19 heavy (non-hydrogen) atoms. The lowest BCUT2D eigenvalue weighted by atomic mass is 9.90. The van der Waals surface area contributed by atoms with Crippen LogP contribution < -0.4 is 16.5 Å². The van der Waals surface area contributed by atoms with Gasteiger partial charge in [0.1, 0.15) is 0 Å². The summed E-state index contributed by atoms with van der Waals surface area (Å²) in [6.45, 7) is 1.37. The Labute approximate surface area is 110 Å². The largest absolute Gasteiger partial charge is 0.366 e. The van der Waals surface area contributed by atoms with Crippen LogP contribution in [0.3, 0.4) is 0 Å². The van der Waals surface area contributed by atoms with Crippen molar-refractivity contribution in [3.63, 3.8) is 0 Å². The Balaban J connectivity index is 3.11. The number of carbonyl (C=O) groups excluding carboxylic acids is 2. The topological polar surface area (TPSA) is 128 Å². The van der Waals surface area contributed by atoms with Gasteiger partial charge in [-0.1, -0.05) is 12.1 Å². The van der Waals surface area contributed by atoms with Crippen LogP contribution in [-0.2, 0) is 4.79 Å². The summed E-state index contributed by atoms with van der Waals surface area (Å²) < 4.78 is 0. The summed E-state index contributed by atoms with van der Waals surface area (Å²) >= 11 is 0. The smallest absolute Gasteiger partial charge is 0.248 e. The van der Waals surface area contributed by atoms with Crippen LogP contribution in [-0.4, -0.2) is 35.3 Å². The van der Waals surface area contributed by atoms with E-state index in [4.69, 9.17) is 16.4 Å². The van der Waals surface area contributed by atoms with Crippen molar-refractivity contribution in [3.8, 4) is 0 Å². The van der Waals surface area contributed by atoms with Gasteiger partial charge in [0.05, 0.1) is 5.71 Å². The molecule has 0 radical (unpaired) electrons. The maximum atomic E-state index is 11.7. The first-order chi connectivity index (χ1) is 8.86. The summed E-state index contributed by atoms with van der Waals surface area (Å²) in [4.78, 5) is 22.6. The van der Waals surface area contributed by atoms with E-state index in [1.165, 1.54) is 38.2 Å². The molecule has 0 fully saturated rings. The number of benzene rings is 1. The van der Waals surface area contributed by atoms with E-state index in [0.717, 1.165) is 0 Å². The third-order valence-corrected chi connectivity index (χ3v) is 2.86. The fourth-order valence-electron chi connectivity index (χ4n) is 1.56. The van der Waals surface area contributed by atoms with Gasteiger partial charge in [-0.25, -0.2) is 0 Å². The lowest BCUT2D eigenvalue weighted by molar-refractivity contribution is -0.127. The van der Waals surface area contributed by atoms with Gasteiger partial charge in [-0.05, 0) is 24.6 Å². The van der Waals surface area contributed by atoms with E-state index in [9.17, 15) is 9.59 Å². The van der Waals surface area contributed by atoms with Crippen LogP contribution >= 0.6 is 0 Å². The van der Waals surface area contributed by atoms with Crippen LogP contribution in [0.25, 0.3) is 0 Å². The number of hydrogen-bond acceptors (Lipinski definition) is 5. The Morgan fingerprint density at radius 1 is 1.26 bits per heavy atom. The molecule has 102 valence electrons. The zero-order valence-electron chi connectivity index (χ0n) is 10.7. The molecule has 2 amide bonds. The normalized spacial score (nSPS) is 13.4. The molecule has 0 bridgehead atoms. The molecule has 6 N–H and O–H groups in total. The molecule has 1 unspecified atom stereocenters. The second-order valence-corrected chi connectivity index (χ2v) is 4.13. The minimum absolute atomic E-state index is 0.134. The van der Waals surface area contributed by atoms with Gasteiger partial charge >= 0.3 is 0 Å². The van der Waals surface area contributed by atoms with Gasteiger partial charge in [-0.3, -0.25) is 9.59 Å². The van der Waals surface area contributed by atoms with Crippen LogP contribution in [0.15, 0.2) is 24.3 Å². The fraction of sp³-hybridized carbons (Fsp3) is 0.250. The van der Waals surface area contributed by atoms with Crippen molar-refractivity contribution < 1.29 is 14.8 Å². The Kier molecular flexibility index (Phi) is 4.36. The number of primary amides is 1. The molecule has 0 saturated carbocycles. The molecule has 0 aliphatic heterocycles. The van der Waals surface area contributed by atoms with Crippen molar-refractivity contribution >= 4 is 17.5 Å². The SMILES string of the molecule is CNC(=O)C(C)(NO)C(=N)c1ccc(C(N)=O)cc1. The monoisotopic (exact) mass is 264 g/mol. The van der Waals surface area contributed by atoms with E-state index in [-0.39, 0.29) is 5.71 Å². The maximum Gasteiger partial charge on any atom is 0.248 e. The molecule has 7 nitrogen and oxygen atoms in total. The first-order valence-electron chi connectivity index (χ1n) is 5.49. The number of amides is 2. The van der Waals surface area contributed by atoms with Crippen LogP contribution in [0.2, 0.25) is 0 Å². The van der Waals surface area contributed by atoms with E-state index in [2.05, 4.69) is 5.32 Å². The minimum atomic E-state index is -1.58. The van der Waals surface area contributed by atoms with Crippen LogP contribution in [0.4, 0.5) is 0 Å². The molecular weight excluding hydrogens is 248 g/mol. The number of nitrogens with two attached hydrogens (primary N) is 1. The molecule has 1 aromatic carbocycles. The molecule has 7 heteroatoms. The van der Waals surface area contributed by atoms with Crippen LogP contribution in [0.1, 0.15) is 22.8 Å². The number of hydrogen-bond donors (Lipinski definition) is 5. The van der Waals surface area contributed by atoms with Gasteiger partial charge in [-0.15, -0.1) is 0 Å². The third kappa shape index (κ3) is 2.78. The molecule has 0 aliphatic rings. The molecule has 1 aromatic rings. The van der Waals surface area contributed by atoms with Gasteiger partial charge in [0, 0.05) is 12.6 Å². The van der Waals surface area contributed by atoms with Crippen molar-refractivity contribution in [3.05, 3.63) is 35.4 Å². The predicted octanol–water partition coefficient (Wildman–Crippen LogP) is -0.363. The molecular formula is C12H16N4O3. The average molecular weight is 264 g/mol. The van der Waals surface area contributed by atoms with E-state index >= 15 is 0 Å². The molecule has 0 spiro atoms. The zero-order chi connectivity index (χ0) is 14.6. The Morgan fingerprint density at radius 2 is 1.74 bits per heavy atom. The molecule has 0 aliphatic carbocycles. The lowest BCUT2D eigenvalue weighted by Crippen LogP contribution is -2.58. The second kappa shape index (κ2) is 5.59. The molecule has 1 rings (SSSR count). The number of rotatable bonds is 5. The molecule has 1 atom stereocenters. The van der Waals surface area contributed by atoms with Gasteiger partial charge in [-0.2, -0.15) is 5.48 Å². The minimum Gasteiger partial charge on any atom is -0.366 e. The third-order valence-electron chi connectivity index (χ3n) is 2.86. The Hall–Kier alpha value is -2.25. The van der Waals surface area contributed by atoms with E-state index in [1.54, 1.807) is 0 Å². The highest BCUT2D eigenvalue weighted by Gasteiger charge is 2.37. The number of likely N-dealkylation sites (N-methyl/N-ethyl adjacent to an activating group) is 1. The lowest BCUT2D eigenvalue weighted by Gasteiger charge is -2.26. The zero-order valence-corrected chi connectivity index (χ0v) is 10.7. The highest BCUT2D eigenvalue weighted by molar-refractivity contribution is 6.18. The molecule has 0 heterocycles. The standard InChI is InChI=1S/C12H16N4O3/c1-12(16-19,11(18)15-2)9(13)7-3-5-8(6-4-7)10(14)17/h3-6,13,16,19H,1-2H3,(H2,14,17)(H,15,18). The highest BCUT2D eigenvalue weighted by atomic mass is 16.5. The van der Waals surface area contributed by atoms with E-state index in [1.807, 2.05) is 5.48 Å². The van der Waals surface area contributed by atoms with Crippen LogP contribution in [0.5, 0.6) is 0 Å². The Bertz CT molecular complexity index is 512. The summed E-state index contributed by atoms with van der Waals surface area (Å²) in [7, 11) is 1.40. The summed E-state index contributed by atoms with van der Waals surface area (Å²) in [5.41, 5.74) is 5.92. The van der Waals surface area contributed by atoms with E-state index in [0.29, 0.717) is 11.1 Å². The second-order valence-electron chi connectivity index (χ2n) is 4.13. The highest BCUT2D eigenvalue weighted by Crippen LogP contribution is 2.14. The number of nitrogens with one attached hydrogen (secondary N) is 3. The first kappa shape index (κ1) is 14.8. The maximum absolute atomic E-state index is 11.7. The predicted molar refractivity (Wildman–Crippen MR) is 69.2 cm³/mol. The van der Waals surface area contributed by atoms with Crippen molar-refractivity contribution in [2.75, 3.05) is 7.05 Å². The van der Waals surface area contributed by atoms with Gasteiger partial charge in [0.25, 0.3) is 0 Å². The van der Waals surface area contributed by atoms with Crippen molar-refractivity contribution in [1.29, 1.82) is 5.41 Å². The van der Waals surface area contributed by atoms with Gasteiger partial charge in [0.2, 0.25) is 11.8 Å².